The van der Waals surface area contributed by atoms with Crippen molar-refractivity contribution in [2.24, 2.45) is 0 Å². The number of hydrogen-bond donors (Lipinski definition) is 1. The maximum atomic E-state index is 5.70. The summed E-state index contributed by atoms with van der Waals surface area (Å²) < 4.78 is 5.48. The third-order valence-electron chi connectivity index (χ3n) is 2.07. The second kappa shape index (κ2) is 4.37. The zero-order valence-corrected chi connectivity index (χ0v) is 9.40. The molecule has 0 spiro atoms. The average Bonchev–Trinajstić information content (AvgIpc) is 2.27. The molecule has 0 bridgehead atoms. The summed E-state index contributed by atoms with van der Waals surface area (Å²) in [5, 5.41) is 7.81. The molecule has 2 N–H and O–H groups in total. The highest BCUT2D eigenvalue weighted by Gasteiger charge is 2.01. The number of halogens is 1. The van der Waals surface area contributed by atoms with E-state index in [1.165, 1.54) is 0 Å². The third-order valence-corrected chi connectivity index (χ3v) is 2.27. The molecule has 5 heteroatoms. The first-order valence-electron chi connectivity index (χ1n) is 4.68. The molecule has 0 aliphatic carbocycles. The van der Waals surface area contributed by atoms with Crippen molar-refractivity contribution in [3.05, 3.63) is 41.0 Å². The molecule has 0 atom stereocenters. The highest BCUT2D eigenvalue weighted by Crippen LogP contribution is 2.23. The topological polar surface area (TPSA) is 61.0 Å². The second-order valence-electron chi connectivity index (χ2n) is 3.31. The summed E-state index contributed by atoms with van der Waals surface area (Å²) in [7, 11) is 0. The molecular weight excluding hydrogens is 226 g/mol. The van der Waals surface area contributed by atoms with Crippen molar-refractivity contribution in [2.75, 3.05) is 5.73 Å². The van der Waals surface area contributed by atoms with Crippen LogP contribution in [0.2, 0.25) is 5.15 Å². The van der Waals surface area contributed by atoms with Crippen LogP contribution in [0, 0.1) is 6.92 Å². The van der Waals surface area contributed by atoms with Crippen LogP contribution in [0.1, 0.15) is 5.56 Å². The zero-order chi connectivity index (χ0) is 11.5. The smallest absolute Gasteiger partial charge is 0.238 e. The van der Waals surface area contributed by atoms with E-state index in [1.54, 1.807) is 24.3 Å². The molecule has 0 saturated carbocycles. The minimum Gasteiger partial charge on any atom is -0.438 e. The Morgan fingerprint density at radius 3 is 2.62 bits per heavy atom. The summed E-state index contributed by atoms with van der Waals surface area (Å²) in [6.07, 6.45) is 0. The fourth-order valence-corrected chi connectivity index (χ4v) is 1.29. The Kier molecular flexibility index (Phi) is 2.92. The first-order chi connectivity index (χ1) is 7.65. The number of nitrogen functional groups attached to an aromatic ring is 1. The molecule has 0 radical (unpaired) electrons. The minimum atomic E-state index is 0.334. The highest BCUT2D eigenvalue weighted by molar-refractivity contribution is 6.29. The van der Waals surface area contributed by atoms with Crippen LogP contribution in [0.3, 0.4) is 0 Å². The maximum Gasteiger partial charge on any atom is 0.238 e. The van der Waals surface area contributed by atoms with Crippen LogP contribution in [0.25, 0.3) is 0 Å². The van der Waals surface area contributed by atoms with Crippen LogP contribution in [0.5, 0.6) is 11.6 Å². The molecular formula is C11H10ClN3O. The van der Waals surface area contributed by atoms with E-state index in [9.17, 15) is 0 Å². The Labute approximate surface area is 98.0 Å². The fraction of sp³-hybridized carbons (Fsp3) is 0.0909. The monoisotopic (exact) mass is 235 g/mol. The van der Waals surface area contributed by atoms with Gasteiger partial charge in [0, 0.05) is 11.8 Å². The number of benzene rings is 1. The van der Waals surface area contributed by atoms with Crippen molar-refractivity contribution in [1.82, 2.24) is 10.2 Å². The number of ether oxygens (including phenoxy) is 1. The van der Waals surface area contributed by atoms with Gasteiger partial charge in [0.05, 0.1) is 0 Å². The van der Waals surface area contributed by atoms with E-state index in [1.807, 2.05) is 13.0 Å². The van der Waals surface area contributed by atoms with Crippen molar-refractivity contribution in [3.8, 4) is 11.6 Å². The van der Waals surface area contributed by atoms with Crippen LogP contribution < -0.4 is 10.5 Å². The van der Waals surface area contributed by atoms with E-state index in [4.69, 9.17) is 22.1 Å². The first kappa shape index (κ1) is 10.7. The predicted octanol–water partition coefficient (Wildman–Crippen LogP) is 2.81. The zero-order valence-electron chi connectivity index (χ0n) is 8.64. The van der Waals surface area contributed by atoms with Gasteiger partial charge in [-0.25, -0.2) is 0 Å². The molecule has 0 unspecified atom stereocenters. The van der Waals surface area contributed by atoms with E-state index in [-0.39, 0.29) is 0 Å². The Morgan fingerprint density at radius 2 is 2.00 bits per heavy atom. The van der Waals surface area contributed by atoms with E-state index in [0.29, 0.717) is 16.8 Å². The van der Waals surface area contributed by atoms with E-state index in [0.717, 1.165) is 11.3 Å². The van der Waals surface area contributed by atoms with E-state index < -0.39 is 0 Å². The average molecular weight is 236 g/mol. The van der Waals surface area contributed by atoms with Gasteiger partial charge in [-0.15, -0.1) is 10.2 Å². The number of nitrogens with two attached hydrogens (primary N) is 1. The maximum absolute atomic E-state index is 5.70. The molecule has 16 heavy (non-hydrogen) atoms. The molecule has 1 heterocycles. The third kappa shape index (κ3) is 2.41. The molecule has 0 aliphatic heterocycles. The summed E-state index contributed by atoms with van der Waals surface area (Å²) in [6, 6.07) is 8.67. The summed E-state index contributed by atoms with van der Waals surface area (Å²) in [4.78, 5) is 0. The van der Waals surface area contributed by atoms with Gasteiger partial charge in [0.1, 0.15) is 5.75 Å². The number of anilines is 1. The normalized spacial score (nSPS) is 10.1. The van der Waals surface area contributed by atoms with Gasteiger partial charge >= 0.3 is 0 Å². The van der Waals surface area contributed by atoms with Gasteiger partial charge in [-0.2, -0.15) is 0 Å². The quantitative estimate of drug-likeness (QED) is 0.813. The SMILES string of the molecule is Cc1cc(Oc2ccc(Cl)nn2)ccc1N. The van der Waals surface area contributed by atoms with Crippen LogP contribution in [-0.4, -0.2) is 10.2 Å². The van der Waals surface area contributed by atoms with Crippen LogP contribution in [0.15, 0.2) is 30.3 Å². The standard InChI is InChI=1S/C11H10ClN3O/c1-7-6-8(2-3-9(7)13)16-11-5-4-10(12)14-15-11/h2-6H,13H2,1H3. The Morgan fingerprint density at radius 1 is 1.19 bits per heavy atom. The second-order valence-corrected chi connectivity index (χ2v) is 3.70. The van der Waals surface area contributed by atoms with Crippen molar-refractivity contribution in [2.45, 2.75) is 6.92 Å². The first-order valence-corrected chi connectivity index (χ1v) is 5.06. The number of nitrogens with zero attached hydrogens (tertiary/aromatic N) is 2. The van der Waals surface area contributed by atoms with Crippen LogP contribution in [0.4, 0.5) is 5.69 Å². The van der Waals surface area contributed by atoms with Crippen LogP contribution in [-0.2, 0) is 0 Å². The number of aromatic nitrogens is 2. The lowest BCUT2D eigenvalue weighted by Crippen LogP contribution is -1.93. The molecule has 2 aromatic rings. The Bertz CT molecular complexity index is 499. The van der Waals surface area contributed by atoms with E-state index >= 15 is 0 Å². The van der Waals surface area contributed by atoms with Crippen molar-refractivity contribution < 1.29 is 4.74 Å². The summed E-state index contributed by atoms with van der Waals surface area (Å²) >= 11 is 5.61. The van der Waals surface area contributed by atoms with Gasteiger partial charge in [0.2, 0.25) is 5.88 Å². The van der Waals surface area contributed by atoms with E-state index in [2.05, 4.69) is 10.2 Å². The van der Waals surface area contributed by atoms with Crippen molar-refractivity contribution >= 4 is 17.3 Å². The molecule has 0 saturated heterocycles. The Hall–Kier alpha value is -1.81. The van der Waals surface area contributed by atoms with Crippen LogP contribution >= 0.6 is 11.6 Å². The summed E-state index contributed by atoms with van der Waals surface area (Å²) in [5.41, 5.74) is 7.39. The van der Waals surface area contributed by atoms with Gasteiger partial charge in [0.25, 0.3) is 0 Å². The van der Waals surface area contributed by atoms with Gasteiger partial charge in [-0.1, -0.05) is 11.6 Å². The number of rotatable bonds is 2. The molecule has 0 aliphatic rings. The van der Waals surface area contributed by atoms with Crippen molar-refractivity contribution in [1.29, 1.82) is 0 Å². The Balaban J connectivity index is 2.20. The lowest BCUT2D eigenvalue weighted by atomic mass is 10.2. The lowest BCUT2D eigenvalue weighted by molar-refractivity contribution is 0.455. The molecule has 82 valence electrons. The molecule has 4 nitrogen and oxygen atoms in total. The van der Waals surface area contributed by atoms with Gasteiger partial charge in [-0.3, -0.25) is 0 Å². The number of hydrogen-bond acceptors (Lipinski definition) is 4. The van der Waals surface area contributed by atoms with Gasteiger partial charge in [0.15, 0.2) is 5.15 Å². The fourth-order valence-electron chi connectivity index (χ4n) is 1.19. The van der Waals surface area contributed by atoms with Crippen molar-refractivity contribution in [3.63, 3.8) is 0 Å². The minimum absolute atomic E-state index is 0.334. The molecule has 2 rings (SSSR count). The summed E-state index contributed by atoms with van der Waals surface area (Å²) in [5.74, 6) is 1.07. The number of aryl methyl sites for hydroxylation is 1. The van der Waals surface area contributed by atoms with Gasteiger partial charge < -0.3 is 10.5 Å². The lowest BCUT2D eigenvalue weighted by Gasteiger charge is -2.06. The molecule has 1 aromatic carbocycles. The van der Waals surface area contributed by atoms with Gasteiger partial charge in [-0.05, 0) is 36.8 Å². The molecule has 1 aromatic heterocycles. The highest BCUT2D eigenvalue weighted by atomic mass is 35.5. The molecule has 0 fully saturated rings. The largest absolute Gasteiger partial charge is 0.438 e. The molecule has 0 amide bonds. The predicted molar refractivity (Wildman–Crippen MR) is 62.7 cm³/mol. The summed E-state index contributed by atoms with van der Waals surface area (Å²) in [6.45, 7) is 1.91.